The van der Waals surface area contributed by atoms with Gasteiger partial charge in [-0.2, -0.15) is 0 Å². The molecule has 1 saturated heterocycles. The monoisotopic (exact) mass is 522 g/mol. The second kappa shape index (κ2) is 11.4. The largest absolute Gasteiger partial charge is 0.493 e. The van der Waals surface area contributed by atoms with Gasteiger partial charge in [0.25, 0.3) is 0 Å². The maximum Gasteiger partial charge on any atom is 0.162 e. The van der Waals surface area contributed by atoms with E-state index in [0.29, 0.717) is 18.1 Å². The number of fused-ring (bicyclic) bond motifs is 2. The first-order valence-corrected chi connectivity index (χ1v) is 13.7. The summed E-state index contributed by atoms with van der Waals surface area (Å²) in [7, 11) is 1.67. The zero-order chi connectivity index (χ0) is 26.6. The molecule has 0 amide bonds. The number of nitrogens with one attached hydrogen (secondary N) is 1. The molecule has 0 aliphatic carbocycles. The Kier molecular flexibility index (Phi) is 7.43. The van der Waals surface area contributed by atoms with Crippen molar-refractivity contribution in [2.75, 3.05) is 46.6 Å². The molecular weight excluding hydrogens is 488 g/mol. The van der Waals surface area contributed by atoms with Crippen LogP contribution in [0.1, 0.15) is 18.9 Å². The molecule has 1 aliphatic heterocycles. The van der Waals surface area contributed by atoms with Gasteiger partial charge in [-0.1, -0.05) is 49.4 Å². The summed E-state index contributed by atoms with van der Waals surface area (Å²) in [6, 6.07) is 21.1. The second-order valence-corrected chi connectivity index (χ2v) is 9.87. The number of hydrogen-bond donors (Lipinski definition) is 1. The zero-order valence-corrected chi connectivity index (χ0v) is 22.6. The summed E-state index contributed by atoms with van der Waals surface area (Å²) in [5.74, 6) is 1.38. The van der Waals surface area contributed by atoms with Gasteiger partial charge in [0, 0.05) is 47.6 Å². The van der Waals surface area contributed by atoms with E-state index in [4.69, 9.17) is 19.2 Å². The lowest BCUT2D eigenvalue weighted by Gasteiger charge is -2.26. The maximum atomic E-state index is 6.28. The Morgan fingerprint density at radius 1 is 0.949 bits per heavy atom. The molecule has 0 bridgehead atoms. The average Bonchev–Trinajstić information content (AvgIpc) is 3.38. The van der Waals surface area contributed by atoms with Crippen molar-refractivity contribution in [2.45, 2.75) is 19.8 Å². The smallest absolute Gasteiger partial charge is 0.162 e. The number of para-hydroxylation sites is 1. The molecule has 0 saturated carbocycles. The van der Waals surface area contributed by atoms with E-state index in [9.17, 15) is 0 Å². The van der Waals surface area contributed by atoms with E-state index in [-0.39, 0.29) is 0 Å². The third-order valence-corrected chi connectivity index (χ3v) is 7.49. The number of nitrogens with zero attached hydrogens (tertiary/aromatic N) is 3. The third-order valence-electron chi connectivity index (χ3n) is 7.49. The Hall–Kier alpha value is -3.94. The number of methoxy groups -OCH3 is 1. The minimum absolute atomic E-state index is 0.602. The van der Waals surface area contributed by atoms with Crippen LogP contribution in [0, 0.1) is 0 Å². The summed E-state index contributed by atoms with van der Waals surface area (Å²) < 4.78 is 17.4. The highest BCUT2D eigenvalue weighted by molar-refractivity contribution is 6.09. The standard InChI is InChI=1S/C32H34N4O3/c1-3-22-9-11-23(12-10-22)31-30(24-7-4-5-8-26(24)35-31)32-25-19-29(28(37-2)20-27(25)33-21-34-32)39-16-6-13-36-14-17-38-18-15-36/h4-5,7-12,19-21,35H,3,6,13-18H2,1-2H3. The Morgan fingerprint density at radius 2 is 1.77 bits per heavy atom. The van der Waals surface area contributed by atoms with Crippen molar-refractivity contribution in [1.29, 1.82) is 0 Å². The van der Waals surface area contributed by atoms with Crippen LogP contribution in [0.2, 0.25) is 0 Å². The third kappa shape index (κ3) is 5.20. The number of H-pyrrole nitrogens is 1. The molecule has 7 nitrogen and oxygen atoms in total. The quantitative estimate of drug-likeness (QED) is 0.235. The molecule has 39 heavy (non-hydrogen) atoms. The van der Waals surface area contributed by atoms with Crippen LogP contribution in [0.4, 0.5) is 0 Å². The molecule has 0 radical (unpaired) electrons. The van der Waals surface area contributed by atoms with Gasteiger partial charge in [-0.25, -0.2) is 9.97 Å². The van der Waals surface area contributed by atoms with Crippen molar-refractivity contribution in [3.63, 3.8) is 0 Å². The first kappa shape index (κ1) is 25.3. The number of ether oxygens (including phenoxy) is 3. The van der Waals surface area contributed by atoms with Crippen molar-refractivity contribution in [3.05, 3.63) is 72.6 Å². The summed E-state index contributed by atoms with van der Waals surface area (Å²) in [6.45, 7) is 7.34. The molecule has 1 aliphatic rings. The first-order chi connectivity index (χ1) is 19.2. The molecule has 5 aromatic rings. The van der Waals surface area contributed by atoms with E-state index >= 15 is 0 Å². The van der Waals surface area contributed by atoms with E-state index in [1.165, 1.54) is 5.56 Å². The summed E-state index contributed by atoms with van der Waals surface area (Å²) in [5, 5.41) is 2.05. The molecular formula is C32H34N4O3. The molecule has 7 heteroatoms. The van der Waals surface area contributed by atoms with Crippen LogP contribution < -0.4 is 9.47 Å². The number of benzene rings is 3. The van der Waals surface area contributed by atoms with Crippen LogP contribution in [0.25, 0.3) is 44.3 Å². The highest BCUT2D eigenvalue weighted by Gasteiger charge is 2.20. The minimum atomic E-state index is 0.602. The highest BCUT2D eigenvalue weighted by atomic mass is 16.5. The number of morpholine rings is 1. The van der Waals surface area contributed by atoms with Crippen LogP contribution in [-0.4, -0.2) is 66.4 Å². The first-order valence-electron chi connectivity index (χ1n) is 13.7. The molecule has 6 rings (SSSR count). The van der Waals surface area contributed by atoms with E-state index in [0.717, 1.165) is 90.0 Å². The fourth-order valence-electron chi connectivity index (χ4n) is 5.34. The molecule has 1 N–H and O–H groups in total. The van der Waals surface area contributed by atoms with Crippen LogP contribution >= 0.6 is 0 Å². The predicted octanol–water partition coefficient (Wildman–Crippen LogP) is 6.12. The van der Waals surface area contributed by atoms with Gasteiger partial charge in [0.2, 0.25) is 0 Å². The minimum Gasteiger partial charge on any atom is -0.493 e. The number of hydrogen-bond acceptors (Lipinski definition) is 6. The Balaban J connectivity index is 1.39. The Morgan fingerprint density at radius 3 is 2.56 bits per heavy atom. The molecule has 0 unspecified atom stereocenters. The van der Waals surface area contributed by atoms with Crippen molar-refractivity contribution in [3.8, 4) is 34.0 Å². The SMILES string of the molecule is CCc1ccc(-c2[nH]c3ccccc3c2-c2ncnc3cc(OC)c(OCCCN4CCOCC4)cc23)cc1. The average molecular weight is 523 g/mol. The van der Waals surface area contributed by atoms with E-state index in [1.54, 1.807) is 13.4 Å². The molecule has 200 valence electrons. The van der Waals surface area contributed by atoms with Gasteiger partial charge in [0.15, 0.2) is 11.5 Å². The fourth-order valence-corrected chi connectivity index (χ4v) is 5.34. The van der Waals surface area contributed by atoms with Gasteiger partial charge in [-0.15, -0.1) is 0 Å². The maximum absolute atomic E-state index is 6.28. The second-order valence-electron chi connectivity index (χ2n) is 9.87. The highest BCUT2D eigenvalue weighted by Crippen LogP contribution is 2.42. The van der Waals surface area contributed by atoms with Gasteiger partial charge in [-0.05, 0) is 36.1 Å². The molecule has 0 atom stereocenters. The van der Waals surface area contributed by atoms with Crippen molar-refractivity contribution < 1.29 is 14.2 Å². The number of rotatable bonds is 9. The van der Waals surface area contributed by atoms with Crippen LogP contribution in [0.15, 0.2) is 67.0 Å². The van der Waals surface area contributed by atoms with Gasteiger partial charge in [0.1, 0.15) is 6.33 Å². The van der Waals surface area contributed by atoms with Crippen molar-refractivity contribution in [1.82, 2.24) is 19.9 Å². The lowest BCUT2D eigenvalue weighted by molar-refractivity contribution is 0.0357. The summed E-state index contributed by atoms with van der Waals surface area (Å²) in [6.07, 6.45) is 3.57. The normalized spacial score (nSPS) is 14.2. The Labute approximate surface area is 228 Å². The van der Waals surface area contributed by atoms with Gasteiger partial charge in [0.05, 0.1) is 43.8 Å². The van der Waals surface area contributed by atoms with Crippen molar-refractivity contribution in [2.24, 2.45) is 0 Å². The summed E-state index contributed by atoms with van der Waals surface area (Å²) in [4.78, 5) is 15.5. The fraction of sp³-hybridized carbons (Fsp3) is 0.312. The van der Waals surface area contributed by atoms with Crippen molar-refractivity contribution >= 4 is 21.8 Å². The van der Waals surface area contributed by atoms with E-state index in [1.807, 2.05) is 12.1 Å². The van der Waals surface area contributed by atoms with Gasteiger partial charge < -0.3 is 19.2 Å². The lowest BCUT2D eigenvalue weighted by atomic mass is 9.98. The van der Waals surface area contributed by atoms with Crippen LogP contribution in [-0.2, 0) is 11.2 Å². The molecule has 3 heterocycles. The summed E-state index contributed by atoms with van der Waals surface area (Å²) in [5.41, 5.74) is 7.29. The summed E-state index contributed by atoms with van der Waals surface area (Å²) >= 11 is 0. The molecule has 2 aromatic heterocycles. The van der Waals surface area contributed by atoms with Crippen LogP contribution in [0.3, 0.4) is 0 Å². The van der Waals surface area contributed by atoms with Gasteiger partial charge >= 0.3 is 0 Å². The Bertz CT molecular complexity index is 1570. The number of aryl methyl sites for hydroxylation is 1. The number of aromatic amines is 1. The predicted molar refractivity (Wildman–Crippen MR) is 156 cm³/mol. The zero-order valence-electron chi connectivity index (χ0n) is 22.6. The number of aromatic nitrogens is 3. The van der Waals surface area contributed by atoms with Crippen LogP contribution in [0.5, 0.6) is 11.5 Å². The molecule has 3 aromatic carbocycles. The van der Waals surface area contributed by atoms with E-state index < -0.39 is 0 Å². The lowest BCUT2D eigenvalue weighted by Crippen LogP contribution is -2.37. The van der Waals surface area contributed by atoms with E-state index in [2.05, 4.69) is 70.3 Å². The molecule has 1 fully saturated rings. The van der Waals surface area contributed by atoms with Gasteiger partial charge in [-0.3, -0.25) is 4.90 Å². The topological polar surface area (TPSA) is 72.5 Å². The molecule has 0 spiro atoms.